The number of aromatic amines is 1. The summed E-state index contributed by atoms with van der Waals surface area (Å²) in [6.07, 6.45) is 0. The minimum absolute atomic E-state index is 0. The molecule has 2 aliphatic heterocycles. The van der Waals surface area contributed by atoms with Gasteiger partial charge in [0.1, 0.15) is 11.5 Å². The number of nitrogens with one attached hydrogen (secondary N) is 2. The van der Waals surface area contributed by atoms with Crippen LogP contribution in [0, 0.1) is 17.7 Å². The first-order chi connectivity index (χ1) is 10.7. The Kier molecular flexibility index (Phi) is 4.37. The number of fused-ring (bicyclic) bond motifs is 1. The molecule has 7 heteroatoms. The summed E-state index contributed by atoms with van der Waals surface area (Å²) in [7, 11) is 0. The first-order valence-electron chi connectivity index (χ1n) is 7.52. The van der Waals surface area contributed by atoms with Crippen LogP contribution in [-0.4, -0.2) is 47.2 Å². The molecule has 3 heterocycles. The van der Waals surface area contributed by atoms with E-state index in [2.05, 4.69) is 15.5 Å². The van der Waals surface area contributed by atoms with Crippen molar-refractivity contribution in [2.75, 3.05) is 26.2 Å². The summed E-state index contributed by atoms with van der Waals surface area (Å²) in [4.78, 5) is 14.5. The molecule has 2 aromatic rings. The summed E-state index contributed by atoms with van der Waals surface area (Å²) >= 11 is 0. The molecule has 0 unspecified atom stereocenters. The number of nitrogens with zero attached hydrogens (tertiary/aromatic N) is 2. The fraction of sp³-hybridized carbons (Fsp3) is 0.375. The van der Waals surface area contributed by atoms with Gasteiger partial charge in [-0.05, 0) is 42.2 Å². The van der Waals surface area contributed by atoms with Crippen LogP contribution in [0.15, 0.2) is 30.3 Å². The van der Waals surface area contributed by atoms with Gasteiger partial charge in [-0.2, -0.15) is 5.10 Å². The third kappa shape index (κ3) is 2.96. The van der Waals surface area contributed by atoms with E-state index in [1.807, 2.05) is 4.90 Å². The fourth-order valence-electron chi connectivity index (χ4n) is 3.39. The number of carbonyl (C=O) groups excluding carboxylic acids is 1. The van der Waals surface area contributed by atoms with E-state index in [1.54, 1.807) is 18.2 Å². The van der Waals surface area contributed by atoms with Gasteiger partial charge in [-0.1, -0.05) is 0 Å². The van der Waals surface area contributed by atoms with Crippen molar-refractivity contribution in [2.45, 2.75) is 0 Å². The number of halogens is 2. The standard InChI is InChI=1S/C16H17FN4O.ClH/c17-13-3-1-10(2-4-13)14-5-15(20-19-14)16(22)21-8-11-6-18-7-12(11)9-21;/h1-5,11-12,18H,6-9H2,(H,19,20);1H/t11-,12+;. The predicted molar refractivity (Wildman–Crippen MR) is 87.0 cm³/mol. The van der Waals surface area contributed by atoms with Crippen LogP contribution in [0.1, 0.15) is 10.5 Å². The van der Waals surface area contributed by atoms with Crippen LogP contribution >= 0.6 is 12.4 Å². The van der Waals surface area contributed by atoms with E-state index in [0.717, 1.165) is 31.7 Å². The maximum absolute atomic E-state index is 13.0. The number of likely N-dealkylation sites (tertiary alicyclic amines) is 1. The van der Waals surface area contributed by atoms with Crippen LogP contribution in [0.5, 0.6) is 0 Å². The monoisotopic (exact) mass is 336 g/mol. The van der Waals surface area contributed by atoms with Crippen molar-refractivity contribution in [1.82, 2.24) is 20.4 Å². The van der Waals surface area contributed by atoms with Crippen molar-refractivity contribution in [2.24, 2.45) is 11.8 Å². The normalized spacial score (nSPS) is 22.7. The molecule has 2 atom stereocenters. The zero-order valence-corrected chi connectivity index (χ0v) is 13.3. The molecule has 1 aromatic carbocycles. The second-order valence-corrected chi connectivity index (χ2v) is 6.06. The lowest BCUT2D eigenvalue weighted by Crippen LogP contribution is -2.32. The molecule has 2 N–H and O–H groups in total. The highest BCUT2D eigenvalue weighted by Gasteiger charge is 2.38. The zero-order valence-electron chi connectivity index (χ0n) is 12.5. The molecule has 122 valence electrons. The number of carbonyl (C=O) groups is 1. The summed E-state index contributed by atoms with van der Waals surface area (Å²) < 4.78 is 13.0. The lowest BCUT2D eigenvalue weighted by atomic mass is 10.0. The Morgan fingerprint density at radius 2 is 1.83 bits per heavy atom. The Hall–Kier alpha value is -1.92. The van der Waals surface area contributed by atoms with Crippen LogP contribution in [0.3, 0.4) is 0 Å². The third-order valence-corrected chi connectivity index (χ3v) is 4.62. The van der Waals surface area contributed by atoms with Gasteiger partial charge >= 0.3 is 0 Å². The first-order valence-corrected chi connectivity index (χ1v) is 7.52. The molecule has 1 aromatic heterocycles. The predicted octanol–water partition coefficient (Wildman–Crippen LogP) is 1.93. The summed E-state index contributed by atoms with van der Waals surface area (Å²) in [5, 5.41) is 10.3. The van der Waals surface area contributed by atoms with E-state index >= 15 is 0 Å². The van der Waals surface area contributed by atoms with E-state index in [9.17, 15) is 9.18 Å². The number of H-pyrrole nitrogens is 1. The van der Waals surface area contributed by atoms with Crippen molar-refractivity contribution in [3.63, 3.8) is 0 Å². The maximum atomic E-state index is 13.0. The Labute approximate surface area is 139 Å². The molecule has 2 aliphatic rings. The van der Waals surface area contributed by atoms with Gasteiger partial charge in [-0.3, -0.25) is 9.89 Å². The minimum atomic E-state index is -0.284. The second kappa shape index (κ2) is 6.29. The highest BCUT2D eigenvalue weighted by Crippen LogP contribution is 2.27. The van der Waals surface area contributed by atoms with Gasteiger partial charge in [-0.15, -0.1) is 12.4 Å². The molecule has 0 saturated carbocycles. The van der Waals surface area contributed by atoms with E-state index in [1.165, 1.54) is 12.1 Å². The van der Waals surface area contributed by atoms with Gasteiger partial charge in [0.2, 0.25) is 0 Å². The van der Waals surface area contributed by atoms with Crippen molar-refractivity contribution in [3.8, 4) is 11.3 Å². The van der Waals surface area contributed by atoms with Crippen molar-refractivity contribution in [1.29, 1.82) is 0 Å². The average molecular weight is 337 g/mol. The van der Waals surface area contributed by atoms with Gasteiger partial charge < -0.3 is 10.2 Å². The molecule has 1 amide bonds. The fourth-order valence-corrected chi connectivity index (χ4v) is 3.39. The zero-order chi connectivity index (χ0) is 15.1. The lowest BCUT2D eigenvalue weighted by molar-refractivity contribution is 0.0776. The molecule has 0 radical (unpaired) electrons. The largest absolute Gasteiger partial charge is 0.337 e. The smallest absolute Gasteiger partial charge is 0.271 e. The van der Waals surface area contributed by atoms with E-state index in [-0.39, 0.29) is 24.1 Å². The summed E-state index contributed by atoms with van der Waals surface area (Å²) in [6, 6.07) is 7.83. The Bertz CT molecular complexity index is 690. The highest BCUT2D eigenvalue weighted by atomic mass is 35.5. The van der Waals surface area contributed by atoms with Crippen molar-refractivity contribution < 1.29 is 9.18 Å². The molecule has 0 bridgehead atoms. The third-order valence-electron chi connectivity index (χ3n) is 4.62. The molecule has 5 nitrogen and oxygen atoms in total. The molecular formula is C16H18ClFN4O. The number of rotatable bonds is 2. The van der Waals surface area contributed by atoms with Gasteiger partial charge in [0.05, 0.1) is 5.69 Å². The molecule has 0 aliphatic carbocycles. The van der Waals surface area contributed by atoms with Crippen LogP contribution in [0.2, 0.25) is 0 Å². The Morgan fingerprint density at radius 3 is 2.48 bits per heavy atom. The van der Waals surface area contributed by atoms with E-state index < -0.39 is 0 Å². The average Bonchev–Trinajstić information content (AvgIpc) is 3.22. The maximum Gasteiger partial charge on any atom is 0.271 e. The van der Waals surface area contributed by atoms with Gasteiger partial charge in [0, 0.05) is 31.7 Å². The van der Waals surface area contributed by atoms with E-state index in [4.69, 9.17) is 0 Å². The number of amides is 1. The van der Waals surface area contributed by atoms with Crippen LogP contribution in [0.4, 0.5) is 4.39 Å². The highest BCUT2D eigenvalue weighted by molar-refractivity contribution is 5.93. The Morgan fingerprint density at radius 1 is 1.17 bits per heavy atom. The lowest BCUT2D eigenvalue weighted by Gasteiger charge is -2.16. The molecule has 2 saturated heterocycles. The van der Waals surface area contributed by atoms with Crippen LogP contribution in [0.25, 0.3) is 11.3 Å². The van der Waals surface area contributed by atoms with Crippen LogP contribution < -0.4 is 5.32 Å². The summed E-state index contributed by atoms with van der Waals surface area (Å²) in [6.45, 7) is 3.61. The van der Waals surface area contributed by atoms with Gasteiger partial charge in [0.25, 0.3) is 5.91 Å². The molecular weight excluding hydrogens is 319 g/mol. The molecule has 4 rings (SSSR count). The summed E-state index contributed by atoms with van der Waals surface area (Å²) in [5.74, 6) is 0.856. The van der Waals surface area contributed by atoms with Crippen molar-refractivity contribution >= 4 is 18.3 Å². The SMILES string of the molecule is Cl.O=C(c1cc(-c2ccc(F)cc2)n[nH]1)N1C[C@H]2CNC[C@H]2C1. The number of hydrogen-bond acceptors (Lipinski definition) is 3. The van der Waals surface area contributed by atoms with Gasteiger partial charge in [0.15, 0.2) is 0 Å². The van der Waals surface area contributed by atoms with Crippen molar-refractivity contribution in [3.05, 3.63) is 41.8 Å². The topological polar surface area (TPSA) is 61.0 Å². The molecule has 0 spiro atoms. The van der Waals surface area contributed by atoms with E-state index in [0.29, 0.717) is 23.2 Å². The molecule has 2 fully saturated rings. The number of hydrogen-bond donors (Lipinski definition) is 2. The quantitative estimate of drug-likeness (QED) is 0.881. The number of benzene rings is 1. The molecule has 23 heavy (non-hydrogen) atoms. The van der Waals surface area contributed by atoms with Crippen LogP contribution in [-0.2, 0) is 0 Å². The Balaban J connectivity index is 0.00000156. The summed E-state index contributed by atoms with van der Waals surface area (Å²) in [5.41, 5.74) is 1.94. The first kappa shape index (κ1) is 16.0. The van der Waals surface area contributed by atoms with Gasteiger partial charge in [-0.25, -0.2) is 4.39 Å². The second-order valence-electron chi connectivity index (χ2n) is 6.06. The minimum Gasteiger partial charge on any atom is -0.337 e. The number of aromatic nitrogens is 2.